The van der Waals surface area contributed by atoms with Crippen LogP contribution in [0.2, 0.25) is 5.02 Å². The number of hydrogen-bond donors (Lipinski definition) is 0. The Labute approximate surface area is 148 Å². The van der Waals surface area contributed by atoms with Gasteiger partial charge in [0.1, 0.15) is 6.54 Å². The van der Waals surface area contributed by atoms with Gasteiger partial charge in [-0.1, -0.05) is 41.9 Å². The van der Waals surface area contributed by atoms with Crippen LogP contribution >= 0.6 is 11.6 Å². The molecule has 0 saturated carbocycles. The fraction of sp³-hybridized carbons (Fsp3) is 0.278. The lowest BCUT2D eigenvalue weighted by molar-refractivity contribution is -0.945. The molecule has 0 aliphatic heterocycles. The van der Waals surface area contributed by atoms with Crippen molar-refractivity contribution in [3.05, 3.63) is 70.7 Å². The third-order valence-corrected chi connectivity index (χ3v) is 4.03. The summed E-state index contributed by atoms with van der Waals surface area (Å²) in [5.74, 6) is -0.330. The van der Waals surface area contributed by atoms with Gasteiger partial charge in [0.2, 0.25) is 6.23 Å². The number of halogens is 2. The van der Waals surface area contributed by atoms with E-state index in [9.17, 15) is 4.79 Å². The van der Waals surface area contributed by atoms with Crippen molar-refractivity contribution in [2.75, 3.05) is 14.1 Å². The van der Waals surface area contributed by atoms with Crippen LogP contribution in [0.3, 0.4) is 0 Å². The molecule has 0 aliphatic carbocycles. The molecule has 2 rings (SSSR count). The number of rotatable bonds is 5. The van der Waals surface area contributed by atoms with Crippen molar-refractivity contribution < 1.29 is 26.4 Å². The van der Waals surface area contributed by atoms with Crippen molar-refractivity contribution >= 4 is 17.6 Å². The van der Waals surface area contributed by atoms with Crippen molar-refractivity contribution in [3.63, 3.8) is 0 Å². The van der Waals surface area contributed by atoms with Gasteiger partial charge in [0, 0.05) is 17.5 Å². The summed E-state index contributed by atoms with van der Waals surface area (Å²) in [6, 6.07) is 16.9. The number of nitrogens with zero attached hydrogens (tertiary/aromatic N) is 1. The Bertz CT molecular complexity index is 627. The average Bonchev–Trinajstić information content (AvgIpc) is 2.48. The number of benzene rings is 2. The van der Waals surface area contributed by atoms with Crippen molar-refractivity contribution in [1.82, 2.24) is 0 Å². The van der Waals surface area contributed by atoms with Crippen LogP contribution in [-0.2, 0) is 11.3 Å². The summed E-state index contributed by atoms with van der Waals surface area (Å²) in [4.78, 5) is 12.2. The first-order chi connectivity index (χ1) is 10.4. The van der Waals surface area contributed by atoms with Gasteiger partial charge in [-0.2, -0.15) is 0 Å². The normalized spacial score (nSPS) is 12.2. The van der Waals surface area contributed by atoms with Crippen LogP contribution in [0, 0.1) is 0 Å². The quantitative estimate of drug-likeness (QED) is 0.457. The van der Waals surface area contributed by atoms with Crippen molar-refractivity contribution in [2.45, 2.75) is 19.7 Å². The van der Waals surface area contributed by atoms with Crippen LogP contribution in [0.25, 0.3) is 0 Å². The first kappa shape index (κ1) is 19.5. The summed E-state index contributed by atoms with van der Waals surface area (Å²) in [5, 5.41) is 0.602. The van der Waals surface area contributed by atoms with Crippen molar-refractivity contribution in [2.24, 2.45) is 0 Å². The maximum Gasteiger partial charge on any atom is 0.342 e. The number of carbonyl (C=O) groups excluding carboxylic acids is 1. The van der Waals surface area contributed by atoms with E-state index < -0.39 is 0 Å². The number of carbonyl (C=O) groups is 1. The summed E-state index contributed by atoms with van der Waals surface area (Å²) >= 11 is 5.83. The van der Waals surface area contributed by atoms with Crippen LogP contribution in [-0.4, -0.2) is 30.8 Å². The molecule has 0 spiro atoms. The second-order valence-corrected chi connectivity index (χ2v) is 6.37. The first-order valence-electron chi connectivity index (χ1n) is 7.21. The van der Waals surface area contributed by atoms with Gasteiger partial charge in [0.15, 0.2) is 0 Å². The van der Waals surface area contributed by atoms with Gasteiger partial charge in [0.25, 0.3) is 0 Å². The SMILES string of the molecule is CC(OC(=O)c1ccc(Cl)cc1)[N+](C)(C)Cc1ccccc1.[Cl-]. The predicted octanol–water partition coefficient (Wildman–Crippen LogP) is 1.12. The van der Waals surface area contributed by atoms with Gasteiger partial charge in [-0.15, -0.1) is 0 Å². The Kier molecular flexibility index (Phi) is 7.07. The van der Waals surface area contributed by atoms with E-state index in [0.29, 0.717) is 15.1 Å². The highest BCUT2D eigenvalue weighted by Gasteiger charge is 2.28. The molecule has 0 N–H and O–H groups in total. The molecule has 5 heteroatoms. The van der Waals surface area contributed by atoms with Gasteiger partial charge in [-0.3, -0.25) is 4.48 Å². The van der Waals surface area contributed by atoms with E-state index in [1.807, 2.05) is 39.2 Å². The second kappa shape index (κ2) is 8.34. The average molecular weight is 354 g/mol. The highest BCUT2D eigenvalue weighted by molar-refractivity contribution is 6.30. The van der Waals surface area contributed by atoms with E-state index in [-0.39, 0.29) is 24.6 Å². The molecule has 1 atom stereocenters. The summed E-state index contributed by atoms with van der Waals surface area (Å²) < 4.78 is 6.16. The number of esters is 1. The molecule has 2 aromatic rings. The Morgan fingerprint density at radius 1 is 1.09 bits per heavy atom. The molecule has 0 amide bonds. The lowest BCUT2D eigenvalue weighted by Crippen LogP contribution is -3.00. The monoisotopic (exact) mass is 353 g/mol. The van der Waals surface area contributed by atoms with Gasteiger partial charge in [-0.05, 0) is 24.3 Å². The molecule has 1 unspecified atom stereocenters. The smallest absolute Gasteiger partial charge is 0.342 e. The molecule has 0 aliphatic rings. The largest absolute Gasteiger partial charge is 1.00 e. The number of ether oxygens (including phenoxy) is 1. The molecule has 124 valence electrons. The van der Waals surface area contributed by atoms with Crippen LogP contribution < -0.4 is 12.4 Å². The van der Waals surface area contributed by atoms with E-state index in [1.165, 1.54) is 5.56 Å². The Morgan fingerprint density at radius 2 is 1.65 bits per heavy atom. The Balaban J connectivity index is 0.00000264. The minimum Gasteiger partial charge on any atom is -1.00 e. The van der Waals surface area contributed by atoms with Gasteiger partial charge in [-0.25, -0.2) is 4.79 Å². The first-order valence-corrected chi connectivity index (χ1v) is 7.59. The molecule has 0 bridgehead atoms. The van der Waals surface area contributed by atoms with Crippen molar-refractivity contribution in [3.8, 4) is 0 Å². The molecular formula is C18H21Cl2NO2. The molecule has 0 fully saturated rings. The zero-order valence-corrected chi connectivity index (χ0v) is 15.0. The number of hydrogen-bond acceptors (Lipinski definition) is 2. The topological polar surface area (TPSA) is 26.3 Å². The highest BCUT2D eigenvalue weighted by atomic mass is 35.5. The van der Waals surface area contributed by atoms with Crippen LogP contribution in [0.15, 0.2) is 54.6 Å². The fourth-order valence-electron chi connectivity index (χ4n) is 2.13. The summed E-state index contributed by atoms with van der Waals surface area (Å²) in [7, 11) is 4.10. The lowest BCUT2D eigenvalue weighted by atomic mass is 10.2. The van der Waals surface area contributed by atoms with E-state index >= 15 is 0 Å². The molecule has 0 aromatic heterocycles. The molecule has 2 aromatic carbocycles. The minimum atomic E-state index is -0.330. The highest BCUT2D eigenvalue weighted by Crippen LogP contribution is 2.17. The Hall–Kier alpha value is -1.55. The fourth-order valence-corrected chi connectivity index (χ4v) is 2.26. The van der Waals surface area contributed by atoms with Crippen LogP contribution in [0.5, 0.6) is 0 Å². The second-order valence-electron chi connectivity index (χ2n) is 5.93. The Morgan fingerprint density at radius 3 is 2.22 bits per heavy atom. The summed E-state index contributed by atoms with van der Waals surface area (Å²) in [5.41, 5.74) is 1.72. The van der Waals surface area contributed by atoms with E-state index in [1.54, 1.807) is 24.3 Å². The van der Waals surface area contributed by atoms with Gasteiger partial charge >= 0.3 is 5.97 Å². The summed E-state index contributed by atoms with van der Waals surface area (Å²) in [6.45, 7) is 2.70. The third kappa shape index (κ3) is 5.54. The van der Waals surface area contributed by atoms with Crippen LogP contribution in [0.1, 0.15) is 22.8 Å². The predicted molar refractivity (Wildman–Crippen MR) is 88.6 cm³/mol. The molecule has 23 heavy (non-hydrogen) atoms. The maximum absolute atomic E-state index is 12.2. The van der Waals surface area contributed by atoms with Crippen LogP contribution in [0.4, 0.5) is 0 Å². The maximum atomic E-state index is 12.2. The molecule has 0 saturated heterocycles. The lowest BCUT2D eigenvalue weighted by Gasteiger charge is -2.35. The molecular weight excluding hydrogens is 333 g/mol. The number of quaternary nitrogens is 1. The zero-order chi connectivity index (χ0) is 16.2. The van der Waals surface area contributed by atoms with Gasteiger partial charge in [0.05, 0.1) is 19.7 Å². The van der Waals surface area contributed by atoms with Crippen molar-refractivity contribution in [1.29, 1.82) is 0 Å². The zero-order valence-electron chi connectivity index (χ0n) is 13.5. The minimum absolute atomic E-state index is 0. The summed E-state index contributed by atoms with van der Waals surface area (Å²) in [6.07, 6.45) is -0.261. The molecule has 0 heterocycles. The van der Waals surface area contributed by atoms with E-state index in [4.69, 9.17) is 16.3 Å². The standard InChI is InChI=1S/C18H21ClNO2.ClH/c1-14(20(2,3)13-15-7-5-4-6-8-15)22-18(21)16-9-11-17(19)12-10-16;/h4-12,14H,13H2,1-3H3;1H/q+1;/p-1. The van der Waals surface area contributed by atoms with E-state index in [0.717, 1.165) is 6.54 Å². The van der Waals surface area contributed by atoms with Gasteiger partial charge < -0.3 is 17.1 Å². The molecule has 3 nitrogen and oxygen atoms in total. The molecule has 0 radical (unpaired) electrons. The van der Waals surface area contributed by atoms with E-state index in [2.05, 4.69) is 12.1 Å². The third-order valence-electron chi connectivity index (χ3n) is 3.77.